The zero-order chi connectivity index (χ0) is 18.4. The van der Waals surface area contributed by atoms with Gasteiger partial charge in [0.1, 0.15) is 0 Å². The van der Waals surface area contributed by atoms with Gasteiger partial charge in [0.15, 0.2) is 5.78 Å². The van der Waals surface area contributed by atoms with Crippen LogP contribution in [0.2, 0.25) is 0 Å². The number of hydrogen-bond acceptors (Lipinski definition) is 5. The first-order chi connectivity index (χ1) is 12.7. The Morgan fingerprint density at radius 3 is 2.12 bits per heavy atom. The maximum atomic E-state index is 12.6. The number of carbonyl (C=O) groups is 2. The van der Waals surface area contributed by atoms with Crippen LogP contribution in [0.4, 0.5) is 5.69 Å². The van der Waals surface area contributed by atoms with E-state index in [1.807, 2.05) is 48.5 Å². The smallest absolute Gasteiger partial charge is 0.316 e. The van der Waals surface area contributed by atoms with Crippen molar-refractivity contribution in [2.75, 3.05) is 30.3 Å². The highest BCUT2D eigenvalue weighted by atomic mass is 32.2. The van der Waals surface area contributed by atoms with Gasteiger partial charge >= 0.3 is 5.97 Å². The summed E-state index contributed by atoms with van der Waals surface area (Å²) in [5, 5.41) is 0. The summed E-state index contributed by atoms with van der Waals surface area (Å²) < 4.78 is 4.91. The molecule has 0 amide bonds. The van der Waals surface area contributed by atoms with Crippen LogP contribution >= 0.6 is 11.8 Å². The third kappa shape index (κ3) is 4.67. The number of ether oxygens (including phenoxy) is 1. The van der Waals surface area contributed by atoms with Gasteiger partial charge in [-0.15, -0.1) is 11.8 Å². The molecule has 0 atom stereocenters. The summed E-state index contributed by atoms with van der Waals surface area (Å²) >= 11 is 1.41. The van der Waals surface area contributed by atoms with E-state index < -0.39 is 0 Å². The molecule has 0 N–H and O–H groups in total. The first-order valence-corrected chi connectivity index (χ1v) is 9.94. The molecule has 0 aromatic heterocycles. The van der Waals surface area contributed by atoms with Gasteiger partial charge in [-0.3, -0.25) is 9.59 Å². The molecule has 1 aliphatic heterocycles. The first-order valence-electron chi connectivity index (χ1n) is 8.95. The van der Waals surface area contributed by atoms with E-state index in [1.54, 1.807) is 6.92 Å². The summed E-state index contributed by atoms with van der Waals surface area (Å²) in [6, 6.07) is 15.2. The van der Waals surface area contributed by atoms with Crippen molar-refractivity contribution in [3.63, 3.8) is 0 Å². The van der Waals surface area contributed by atoms with Gasteiger partial charge in [0.05, 0.1) is 12.4 Å². The van der Waals surface area contributed by atoms with Gasteiger partial charge < -0.3 is 9.64 Å². The molecule has 136 valence electrons. The Hall–Kier alpha value is -2.27. The number of rotatable bonds is 7. The van der Waals surface area contributed by atoms with Crippen LogP contribution in [0.1, 0.15) is 35.7 Å². The van der Waals surface area contributed by atoms with Crippen molar-refractivity contribution in [2.24, 2.45) is 0 Å². The van der Waals surface area contributed by atoms with E-state index in [2.05, 4.69) is 4.90 Å². The number of anilines is 1. The number of nitrogens with zero attached hydrogens (tertiary/aromatic N) is 1. The minimum atomic E-state index is -0.226. The quantitative estimate of drug-likeness (QED) is 0.416. The van der Waals surface area contributed by atoms with Gasteiger partial charge in [-0.25, -0.2) is 0 Å². The summed E-state index contributed by atoms with van der Waals surface area (Å²) in [5.41, 5.74) is 2.53. The minimum Gasteiger partial charge on any atom is -0.465 e. The lowest BCUT2D eigenvalue weighted by Crippen LogP contribution is -2.17. The largest absolute Gasteiger partial charge is 0.465 e. The number of ketones is 1. The van der Waals surface area contributed by atoms with Gasteiger partial charge in [0.25, 0.3) is 0 Å². The van der Waals surface area contributed by atoms with Crippen LogP contribution < -0.4 is 4.90 Å². The Labute approximate surface area is 158 Å². The lowest BCUT2D eigenvalue weighted by Gasteiger charge is -2.17. The second kappa shape index (κ2) is 8.90. The zero-order valence-corrected chi connectivity index (χ0v) is 15.8. The fourth-order valence-electron chi connectivity index (χ4n) is 3.01. The fourth-order valence-corrected chi connectivity index (χ4v) is 3.71. The highest BCUT2D eigenvalue weighted by molar-refractivity contribution is 8.00. The van der Waals surface area contributed by atoms with Crippen molar-refractivity contribution in [2.45, 2.75) is 24.7 Å². The monoisotopic (exact) mass is 369 g/mol. The van der Waals surface area contributed by atoms with Crippen LogP contribution in [0.3, 0.4) is 0 Å². The normalized spacial score (nSPS) is 13.7. The van der Waals surface area contributed by atoms with Crippen LogP contribution in [0, 0.1) is 0 Å². The highest BCUT2D eigenvalue weighted by Gasteiger charge is 2.14. The van der Waals surface area contributed by atoms with Gasteiger partial charge in [0.2, 0.25) is 0 Å². The lowest BCUT2D eigenvalue weighted by atomic mass is 10.0. The van der Waals surface area contributed by atoms with E-state index in [9.17, 15) is 9.59 Å². The van der Waals surface area contributed by atoms with E-state index >= 15 is 0 Å². The SMILES string of the molecule is CCOC(=O)CSc1ccc(C(=O)c2ccc(N3CCCC3)cc2)cc1. The molecular formula is C21H23NO3S. The van der Waals surface area contributed by atoms with E-state index in [1.165, 1.54) is 30.3 Å². The van der Waals surface area contributed by atoms with Gasteiger partial charge in [-0.1, -0.05) is 0 Å². The Morgan fingerprint density at radius 2 is 1.54 bits per heavy atom. The molecular weight excluding hydrogens is 346 g/mol. The van der Waals surface area contributed by atoms with Crippen molar-refractivity contribution < 1.29 is 14.3 Å². The summed E-state index contributed by atoms with van der Waals surface area (Å²) in [7, 11) is 0. The summed E-state index contributed by atoms with van der Waals surface area (Å²) in [5.74, 6) is 0.0645. The Bertz CT molecular complexity index is 750. The van der Waals surface area contributed by atoms with Crippen LogP contribution in [0.15, 0.2) is 53.4 Å². The highest BCUT2D eigenvalue weighted by Crippen LogP contribution is 2.23. The number of thioether (sulfide) groups is 1. The average molecular weight is 369 g/mol. The van der Waals surface area contributed by atoms with Gasteiger partial charge in [-0.05, 0) is 68.3 Å². The topological polar surface area (TPSA) is 46.6 Å². The predicted molar refractivity (Wildman–Crippen MR) is 105 cm³/mol. The van der Waals surface area contributed by atoms with Crippen LogP contribution in [0.25, 0.3) is 0 Å². The average Bonchev–Trinajstić information content (AvgIpc) is 3.21. The van der Waals surface area contributed by atoms with Crippen molar-refractivity contribution >= 4 is 29.2 Å². The van der Waals surface area contributed by atoms with Crippen LogP contribution in [0.5, 0.6) is 0 Å². The van der Waals surface area contributed by atoms with Gasteiger partial charge in [0, 0.05) is 34.8 Å². The molecule has 5 heteroatoms. The van der Waals surface area contributed by atoms with Crippen molar-refractivity contribution in [1.82, 2.24) is 0 Å². The van der Waals surface area contributed by atoms with Crippen molar-refractivity contribution in [3.8, 4) is 0 Å². The summed E-state index contributed by atoms with van der Waals surface area (Å²) in [6.07, 6.45) is 2.47. The Balaban J connectivity index is 1.61. The molecule has 1 saturated heterocycles. The molecule has 0 radical (unpaired) electrons. The van der Waals surface area contributed by atoms with Gasteiger partial charge in [-0.2, -0.15) is 0 Å². The summed E-state index contributed by atoms with van der Waals surface area (Å²) in [4.78, 5) is 27.3. The molecule has 0 aliphatic carbocycles. The third-order valence-electron chi connectivity index (χ3n) is 4.38. The third-order valence-corrected chi connectivity index (χ3v) is 5.36. The summed E-state index contributed by atoms with van der Waals surface area (Å²) in [6.45, 7) is 4.38. The standard InChI is InChI=1S/C21H23NO3S/c1-2-25-20(23)15-26-19-11-7-17(8-12-19)21(24)16-5-9-18(10-6-16)22-13-3-4-14-22/h5-12H,2-4,13-15H2,1H3. The maximum Gasteiger partial charge on any atom is 0.316 e. The molecule has 0 bridgehead atoms. The van der Waals surface area contributed by atoms with E-state index in [4.69, 9.17) is 4.74 Å². The molecule has 3 rings (SSSR count). The van der Waals surface area contributed by atoms with Crippen LogP contribution in [-0.2, 0) is 9.53 Å². The molecule has 2 aromatic rings. The van der Waals surface area contributed by atoms with E-state index in [0.717, 1.165) is 18.0 Å². The zero-order valence-electron chi connectivity index (χ0n) is 14.9. The molecule has 4 nitrogen and oxygen atoms in total. The first kappa shape index (κ1) is 18.5. The van der Waals surface area contributed by atoms with E-state index in [0.29, 0.717) is 17.7 Å². The second-order valence-corrected chi connectivity index (χ2v) is 7.24. The predicted octanol–water partition coefficient (Wildman–Crippen LogP) is 4.17. The van der Waals surface area contributed by atoms with Crippen LogP contribution in [-0.4, -0.2) is 37.2 Å². The Morgan fingerprint density at radius 1 is 0.962 bits per heavy atom. The molecule has 1 fully saturated rings. The van der Waals surface area contributed by atoms with E-state index in [-0.39, 0.29) is 17.5 Å². The minimum absolute atomic E-state index is 0.0138. The Kier molecular flexibility index (Phi) is 6.34. The molecule has 2 aromatic carbocycles. The number of benzene rings is 2. The number of esters is 1. The van der Waals surface area contributed by atoms with Crippen molar-refractivity contribution in [3.05, 3.63) is 59.7 Å². The number of carbonyl (C=O) groups excluding carboxylic acids is 2. The lowest BCUT2D eigenvalue weighted by molar-refractivity contribution is -0.139. The molecule has 1 heterocycles. The molecule has 26 heavy (non-hydrogen) atoms. The number of hydrogen-bond donors (Lipinski definition) is 0. The maximum absolute atomic E-state index is 12.6. The molecule has 1 aliphatic rings. The van der Waals surface area contributed by atoms with Crippen molar-refractivity contribution in [1.29, 1.82) is 0 Å². The molecule has 0 unspecified atom stereocenters. The fraction of sp³-hybridized carbons (Fsp3) is 0.333. The second-order valence-electron chi connectivity index (χ2n) is 6.19. The molecule has 0 spiro atoms. The molecule has 0 saturated carbocycles.